The highest BCUT2D eigenvalue weighted by Crippen LogP contribution is 2.32. The van der Waals surface area contributed by atoms with E-state index in [9.17, 15) is 5.26 Å². The monoisotopic (exact) mass is 355 g/mol. The van der Waals surface area contributed by atoms with Crippen molar-refractivity contribution in [2.45, 2.75) is 0 Å². The summed E-state index contributed by atoms with van der Waals surface area (Å²) >= 11 is 0. The molecule has 0 heterocycles. The lowest BCUT2D eigenvalue weighted by Gasteiger charge is -2.09. The topological polar surface area (TPSA) is 23.8 Å². The number of hydrogen-bond donors (Lipinski definition) is 0. The van der Waals surface area contributed by atoms with Crippen LogP contribution in [0.3, 0.4) is 0 Å². The molecule has 0 saturated heterocycles. The van der Waals surface area contributed by atoms with Crippen LogP contribution < -0.4 is 0 Å². The lowest BCUT2D eigenvalue weighted by atomic mass is 9.94. The molecule has 0 bridgehead atoms. The fourth-order valence-corrected chi connectivity index (χ4v) is 3.99. The molecule has 0 radical (unpaired) electrons. The van der Waals surface area contributed by atoms with Crippen LogP contribution in [-0.4, -0.2) is 0 Å². The molecule has 5 aromatic carbocycles. The van der Waals surface area contributed by atoms with Crippen molar-refractivity contribution in [3.8, 4) is 6.07 Å². The highest BCUT2D eigenvalue weighted by Gasteiger charge is 2.09. The van der Waals surface area contributed by atoms with E-state index in [0.29, 0.717) is 5.57 Å². The fourth-order valence-electron chi connectivity index (χ4n) is 3.99. The van der Waals surface area contributed by atoms with Crippen LogP contribution in [-0.2, 0) is 0 Å². The van der Waals surface area contributed by atoms with Crippen molar-refractivity contribution in [2.75, 3.05) is 0 Å². The molecule has 5 aromatic rings. The summed E-state index contributed by atoms with van der Waals surface area (Å²) < 4.78 is 0. The average Bonchev–Trinajstić information content (AvgIpc) is 2.77. The van der Waals surface area contributed by atoms with Crippen LogP contribution in [0.1, 0.15) is 11.1 Å². The van der Waals surface area contributed by atoms with Gasteiger partial charge in [-0.3, -0.25) is 0 Å². The molecule has 0 aliphatic rings. The minimum atomic E-state index is 0.678. The normalized spacial score (nSPS) is 11.8. The first-order valence-corrected chi connectivity index (χ1v) is 9.35. The zero-order valence-corrected chi connectivity index (χ0v) is 15.3. The molecular formula is C27H17N. The first kappa shape index (κ1) is 16.3. The van der Waals surface area contributed by atoms with Crippen molar-refractivity contribution in [3.63, 3.8) is 0 Å². The summed E-state index contributed by atoms with van der Waals surface area (Å²) in [5.74, 6) is 0. The molecule has 1 nitrogen and oxygen atoms in total. The predicted molar refractivity (Wildman–Crippen MR) is 119 cm³/mol. The van der Waals surface area contributed by atoms with E-state index in [1.165, 1.54) is 21.5 Å². The predicted octanol–water partition coefficient (Wildman–Crippen LogP) is 7.21. The summed E-state index contributed by atoms with van der Waals surface area (Å²) in [6, 6.07) is 35.8. The van der Waals surface area contributed by atoms with Crippen molar-refractivity contribution in [2.24, 2.45) is 0 Å². The van der Waals surface area contributed by atoms with Gasteiger partial charge in [0.25, 0.3) is 0 Å². The molecule has 130 valence electrons. The molecule has 0 amide bonds. The molecule has 0 N–H and O–H groups in total. The van der Waals surface area contributed by atoms with Crippen LogP contribution in [0.25, 0.3) is 44.0 Å². The standard InChI is InChI=1S/C27H17N/c28-18-23(25-14-6-9-19-7-1-3-12-24(19)25)17-22-11-5-10-21-16-15-20-8-2-4-13-26(20)27(21)22/h1-17H/b23-17+. The maximum absolute atomic E-state index is 9.97. The number of allylic oxidation sites excluding steroid dienone is 1. The molecule has 0 atom stereocenters. The van der Waals surface area contributed by atoms with Crippen LogP contribution in [0.2, 0.25) is 0 Å². The molecule has 1 heteroatoms. The van der Waals surface area contributed by atoms with Gasteiger partial charge in [-0.1, -0.05) is 97.1 Å². The van der Waals surface area contributed by atoms with Gasteiger partial charge in [0.1, 0.15) is 0 Å². The van der Waals surface area contributed by atoms with Gasteiger partial charge in [0, 0.05) is 5.56 Å². The SMILES string of the molecule is N#C/C(=C\c1cccc2ccc3ccccc3c12)c1cccc2ccccc12. The summed E-state index contributed by atoms with van der Waals surface area (Å²) in [5, 5.41) is 17.0. The number of benzene rings is 5. The maximum atomic E-state index is 9.97. The third-order valence-electron chi connectivity index (χ3n) is 5.30. The Labute approximate surface area is 163 Å². The van der Waals surface area contributed by atoms with Crippen molar-refractivity contribution in [1.29, 1.82) is 5.26 Å². The summed E-state index contributed by atoms with van der Waals surface area (Å²) in [6.07, 6.45) is 2.02. The molecule has 0 aromatic heterocycles. The average molecular weight is 355 g/mol. The molecule has 0 unspecified atom stereocenters. The molecule has 28 heavy (non-hydrogen) atoms. The van der Waals surface area contributed by atoms with Gasteiger partial charge >= 0.3 is 0 Å². The Hall–Kier alpha value is -3.89. The van der Waals surface area contributed by atoms with Crippen LogP contribution in [0.15, 0.2) is 97.1 Å². The maximum Gasteiger partial charge on any atom is 0.0998 e. The number of nitrogens with zero attached hydrogens (tertiary/aromatic N) is 1. The lowest BCUT2D eigenvalue weighted by Crippen LogP contribution is -1.87. The van der Waals surface area contributed by atoms with Crippen LogP contribution >= 0.6 is 0 Å². The Kier molecular flexibility index (Phi) is 3.89. The van der Waals surface area contributed by atoms with Crippen molar-refractivity contribution in [1.82, 2.24) is 0 Å². The van der Waals surface area contributed by atoms with E-state index in [0.717, 1.165) is 21.9 Å². The van der Waals surface area contributed by atoms with Crippen molar-refractivity contribution < 1.29 is 0 Å². The molecule has 0 fully saturated rings. The van der Waals surface area contributed by atoms with E-state index >= 15 is 0 Å². The van der Waals surface area contributed by atoms with Crippen LogP contribution in [0, 0.1) is 11.3 Å². The highest BCUT2D eigenvalue weighted by molar-refractivity contribution is 6.13. The Morgan fingerprint density at radius 3 is 2.04 bits per heavy atom. The Morgan fingerprint density at radius 1 is 0.607 bits per heavy atom. The van der Waals surface area contributed by atoms with E-state index in [4.69, 9.17) is 0 Å². The highest BCUT2D eigenvalue weighted by atomic mass is 14.3. The number of nitriles is 1. The minimum Gasteiger partial charge on any atom is -0.192 e. The molecular weight excluding hydrogens is 338 g/mol. The van der Waals surface area contributed by atoms with E-state index in [1.807, 2.05) is 30.3 Å². The summed E-state index contributed by atoms with van der Waals surface area (Å²) in [7, 11) is 0. The Balaban J connectivity index is 1.81. The van der Waals surface area contributed by atoms with Gasteiger partial charge in [0.15, 0.2) is 0 Å². The van der Waals surface area contributed by atoms with Gasteiger partial charge in [-0.15, -0.1) is 0 Å². The fraction of sp³-hybridized carbons (Fsp3) is 0. The summed E-state index contributed by atoms with van der Waals surface area (Å²) in [5.41, 5.74) is 2.72. The van der Waals surface area contributed by atoms with E-state index < -0.39 is 0 Å². The zero-order valence-electron chi connectivity index (χ0n) is 15.3. The first-order valence-electron chi connectivity index (χ1n) is 9.35. The van der Waals surface area contributed by atoms with E-state index in [2.05, 4.69) is 78.9 Å². The quantitative estimate of drug-likeness (QED) is 0.186. The summed E-state index contributed by atoms with van der Waals surface area (Å²) in [4.78, 5) is 0. The largest absolute Gasteiger partial charge is 0.192 e. The molecule has 5 rings (SSSR count). The minimum absolute atomic E-state index is 0.678. The first-order chi connectivity index (χ1) is 13.8. The van der Waals surface area contributed by atoms with Crippen LogP contribution in [0.4, 0.5) is 0 Å². The Bertz CT molecular complexity index is 1410. The number of rotatable bonds is 2. The van der Waals surface area contributed by atoms with Crippen LogP contribution in [0.5, 0.6) is 0 Å². The second-order valence-electron chi connectivity index (χ2n) is 6.93. The second-order valence-corrected chi connectivity index (χ2v) is 6.93. The third-order valence-corrected chi connectivity index (χ3v) is 5.30. The van der Waals surface area contributed by atoms with Gasteiger partial charge < -0.3 is 0 Å². The van der Waals surface area contributed by atoms with Gasteiger partial charge in [-0.05, 0) is 44.0 Å². The molecule has 0 spiro atoms. The Morgan fingerprint density at radius 2 is 1.21 bits per heavy atom. The number of hydrogen-bond acceptors (Lipinski definition) is 1. The van der Waals surface area contributed by atoms with Crippen molar-refractivity contribution in [3.05, 3.63) is 108 Å². The van der Waals surface area contributed by atoms with E-state index in [-0.39, 0.29) is 0 Å². The smallest absolute Gasteiger partial charge is 0.0998 e. The third kappa shape index (κ3) is 2.64. The van der Waals surface area contributed by atoms with Crippen molar-refractivity contribution >= 4 is 44.0 Å². The van der Waals surface area contributed by atoms with Gasteiger partial charge in [0.05, 0.1) is 11.6 Å². The van der Waals surface area contributed by atoms with Gasteiger partial charge in [-0.25, -0.2) is 0 Å². The second kappa shape index (κ2) is 6.68. The zero-order chi connectivity index (χ0) is 18.9. The molecule has 0 saturated carbocycles. The van der Waals surface area contributed by atoms with Gasteiger partial charge in [-0.2, -0.15) is 5.26 Å². The number of fused-ring (bicyclic) bond motifs is 4. The molecule has 0 aliphatic heterocycles. The van der Waals surface area contributed by atoms with E-state index in [1.54, 1.807) is 0 Å². The molecule has 0 aliphatic carbocycles. The summed E-state index contributed by atoms with van der Waals surface area (Å²) in [6.45, 7) is 0. The lowest BCUT2D eigenvalue weighted by molar-refractivity contribution is 1.53. The van der Waals surface area contributed by atoms with Gasteiger partial charge in [0.2, 0.25) is 0 Å².